The van der Waals surface area contributed by atoms with Gasteiger partial charge < -0.3 is 19.0 Å². The van der Waals surface area contributed by atoms with Gasteiger partial charge in [-0.1, -0.05) is 0 Å². The van der Waals surface area contributed by atoms with Gasteiger partial charge >= 0.3 is 11.7 Å². The number of nitrogens with zero attached hydrogens (tertiary/aromatic N) is 2. The molecule has 0 amide bonds. The van der Waals surface area contributed by atoms with Crippen molar-refractivity contribution in [3.63, 3.8) is 0 Å². The van der Waals surface area contributed by atoms with Crippen molar-refractivity contribution >= 4 is 17.0 Å². The molecular weight excluding hydrogens is 364 g/mol. The molecule has 0 radical (unpaired) electrons. The zero-order chi connectivity index (χ0) is 20.1. The van der Waals surface area contributed by atoms with E-state index in [1.807, 2.05) is 6.92 Å². The van der Waals surface area contributed by atoms with E-state index >= 15 is 0 Å². The summed E-state index contributed by atoms with van der Waals surface area (Å²) in [5.41, 5.74) is 1.38. The van der Waals surface area contributed by atoms with E-state index in [1.54, 1.807) is 48.1 Å². The Labute approximate surface area is 161 Å². The van der Waals surface area contributed by atoms with Gasteiger partial charge in [0.15, 0.2) is 0 Å². The average Bonchev–Trinajstić information content (AvgIpc) is 3.28. The number of furan rings is 1. The maximum atomic E-state index is 12.8. The monoisotopic (exact) mass is 388 g/mol. The molecule has 1 unspecified atom stereocenters. The Morgan fingerprint density at radius 2 is 2.04 bits per heavy atom. The standard InChI is InChI=1S/C20H24N2O6/c1-3-21-17-8-7-14(19(24)27-4-2)10-18(17)22(20(21)25)11-15(23)12-26-13-16-6-5-9-28-16/h5-10,15,23H,3-4,11-13H2,1-2H3. The molecule has 1 aromatic carbocycles. The maximum Gasteiger partial charge on any atom is 0.338 e. The topological polar surface area (TPSA) is 95.8 Å². The number of hydrogen-bond donors (Lipinski definition) is 1. The fourth-order valence-corrected chi connectivity index (χ4v) is 3.10. The van der Waals surface area contributed by atoms with E-state index in [9.17, 15) is 14.7 Å². The molecule has 0 aliphatic rings. The minimum Gasteiger partial charge on any atom is -0.467 e. The van der Waals surface area contributed by atoms with Crippen LogP contribution in [-0.2, 0) is 29.2 Å². The van der Waals surface area contributed by atoms with Gasteiger partial charge in [-0.3, -0.25) is 9.13 Å². The van der Waals surface area contributed by atoms with E-state index in [4.69, 9.17) is 13.9 Å². The summed E-state index contributed by atoms with van der Waals surface area (Å²) in [6.07, 6.45) is 0.657. The number of imidazole rings is 1. The van der Waals surface area contributed by atoms with Crippen LogP contribution in [0.15, 0.2) is 45.8 Å². The number of aliphatic hydroxyl groups is 1. The van der Waals surface area contributed by atoms with Crippen LogP contribution in [0, 0.1) is 0 Å². The van der Waals surface area contributed by atoms with Crippen molar-refractivity contribution in [2.75, 3.05) is 13.2 Å². The summed E-state index contributed by atoms with van der Waals surface area (Å²) in [5, 5.41) is 10.3. The van der Waals surface area contributed by atoms with Gasteiger partial charge in [0.2, 0.25) is 0 Å². The van der Waals surface area contributed by atoms with E-state index in [2.05, 4.69) is 0 Å². The number of fused-ring (bicyclic) bond motifs is 1. The minimum atomic E-state index is -0.894. The quantitative estimate of drug-likeness (QED) is 0.565. The Bertz CT molecular complexity index is 986. The molecule has 1 atom stereocenters. The largest absolute Gasteiger partial charge is 0.467 e. The number of benzene rings is 1. The van der Waals surface area contributed by atoms with Crippen molar-refractivity contribution in [1.29, 1.82) is 0 Å². The molecule has 3 rings (SSSR count). The Morgan fingerprint density at radius 3 is 2.71 bits per heavy atom. The maximum absolute atomic E-state index is 12.8. The molecule has 0 fully saturated rings. The molecule has 0 bridgehead atoms. The van der Waals surface area contributed by atoms with Crippen LogP contribution in [0.2, 0.25) is 0 Å². The summed E-state index contributed by atoms with van der Waals surface area (Å²) in [7, 11) is 0. The normalized spacial score (nSPS) is 12.4. The third kappa shape index (κ3) is 4.18. The summed E-state index contributed by atoms with van der Waals surface area (Å²) in [4.78, 5) is 24.8. The second-order valence-corrected chi connectivity index (χ2v) is 6.31. The molecule has 0 saturated heterocycles. The first-order valence-electron chi connectivity index (χ1n) is 9.23. The Morgan fingerprint density at radius 1 is 1.21 bits per heavy atom. The fraction of sp³-hybridized carbons (Fsp3) is 0.400. The Balaban J connectivity index is 1.81. The third-order valence-electron chi connectivity index (χ3n) is 4.37. The zero-order valence-corrected chi connectivity index (χ0v) is 16.0. The van der Waals surface area contributed by atoms with E-state index in [0.29, 0.717) is 28.9 Å². The molecule has 0 aliphatic carbocycles. The van der Waals surface area contributed by atoms with Crippen LogP contribution in [0.5, 0.6) is 0 Å². The lowest BCUT2D eigenvalue weighted by molar-refractivity contribution is 0.0147. The van der Waals surface area contributed by atoms with Crippen molar-refractivity contribution in [2.45, 2.75) is 39.6 Å². The number of aromatic nitrogens is 2. The van der Waals surface area contributed by atoms with Crippen LogP contribution >= 0.6 is 0 Å². The van der Waals surface area contributed by atoms with Gasteiger partial charge in [-0.2, -0.15) is 0 Å². The molecule has 0 spiro atoms. The number of hydrogen-bond acceptors (Lipinski definition) is 6. The van der Waals surface area contributed by atoms with E-state index in [-0.39, 0.29) is 32.1 Å². The predicted octanol–water partition coefficient (Wildman–Crippen LogP) is 2.17. The Hall–Kier alpha value is -2.84. The van der Waals surface area contributed by atoms with Gasteiger partial charge in [0.05, 0.1) is 48.7 Å². The van der Waals surface area contributed by atoms with Crippen LogP contribution in [-0.4, -0.2) is 39.5 Å². The minimum absolute atomic E-state index is 0.0451. The summed E-state index contributed by atoms with van der Waals surface area (Å²) >= 11 is 0. The molecule has 2 heterocycles. The van der Waals surface area contributed by atoms with Crippen LogP contribution in [0.25, 0.3) is 11.0 Å². The number of aliphatic hydroxyl groups excluding tert-OH is 1. The molecule has 8 heteroatoms. The van der Waals surface area contributed by atoms with Gasteiger partial charge in [0.25, 0.3) is 0 Å². The molecule has 150 valence electrons. The molecule has 8 nitrogen and oxygen atoms in total. The number of rotatable bonds is 9. The first kappa shape index (κ1) is 19.9. The summed E-state index contributed by atoms with van der Waals surface area (Å²) in [5.74, 6) is 0.209. The lowest BCUT2D eigenvalue weighted by Crippen LogP contribution is -2.30. The zero-order valence-electron chi connectivity index (χ0n) is 16.0. The second kappa shape index (κ2) is 8.90. The number of aryl methyl sites for hydroxylation is 1. The van der Waals surface area contributed by atoms with Crippen LogP contribution in [0.3, 0.4) is 0 Å². The van der Waals surface area contributed by atoms with Crippen molar-refractivity contribution in [2.24, 2.45) is 0 Å². The highest BCUT2D eigenvalue weighted by atomic mass is 16.5. The predicted molar refractivity (Wildman–Crippen MR) is 102 cm³/mol. The van der Waals surface area contributed by atoms with Crippen molar-refractivity contribution in [1.82, 2.24) is 9.13 Å². The lowest BCUT2D eigenvalue weighted by Gasteiger charge is -2.12. The van der Waals surface area contributed by atoms with Crippen molar-refractivity contribution in [3.05, 3.63) is 58.4 Å². The van der Waals surface area contributed by atoms with E-state index in [0.717, 1.165) is 0 Å². The highest BCUT2D eigenvalue weighted by Gasteiger charge is 2.18. The van der Waals surface area contributed by atoms with Crippen LogP contribution in [0.4, 0.5) is 0 Å². The van der Waals surface area contributed by atoms with Crippen molar-refractivity contribution in [3.8, 4) is 0 Å². The Kier molecular flexibility index (Phi) is 6.33. The number of carbonyl (C=O) groups excluding carboxylic acids is 1. The summed E-state index contributed by atoms with van der Waals surface area (Å²) < 4.78 is 18.7. The van der Waals surface area contributed by atoms with Gasteiger partial charge in [-0.25, -0.2) is 9.59 Å². The summed E-state index contributed by atoms with van der Waals surface area (Å²) in [6, 6.07) is 8.53. The number of carbonyl (C=O) groups is 1. The highest BCUT2D eigenvalue weighted by Crippen LogP contribution is 2.17. The number of esters is 1. The second-order valence-electron chi connectivity index (χ2n) is 6.31. The number of ether oxygens (including phenoxy) is 2. The van der Waals surface area contributed by atoms with Crippen LogP contribution < -0.4 is 5.69 Å². The van der Waals surface area contributed by atoms with E-state index in [1.165, 1.54) is 4.57 Å². The highest BCUT2D eigenvalue weighted by molar-refractivity contribution is 5.93. The molecule has 0 saturated carbocycles. The van der Waals surface area contributed by atoms with Gasteiger partial charge in [0, 0.05) is 6.54 Å². The molecule has 28 heavy (non-hydrogen) atoms. The van der Waals surface area contributed by atoms with E-state index < -0.39 is 12.1 Å². The summed E-state index contributed by atoms with van der Waals surface area (Å²) in [6.45, 7) is 4.68. The molecule has 1 N–H and O–H groups in total. The van der Waals surface area contributed by atoms with Gasteiger partial charge in [-0.15, -0.1) is 0 Å². The lowest BCUT2D eigenvalue weighted by atomic mass is 10.2. The van der Waals surface area contributed by atoms with Crippen LogP contribution in [0.1, 0.15) is 30.0 Å². The first-order valence-corrected chi connectivity index (χ1v) is 9.23. The smallest absolute Gasteiger partial charge is 0.338 e. The van der Waals surface area contributed by atoms with Gasteiger partial charge in [0.1, 0.15) is 12.4 Å². The SMILES string of the molecule is CCOC(=O)c1ccc2c(c1)n(CC(O)COCc1ccco1)c(=O)n2CC. The molecule has 3 aromatic rings. The molecule has 0 aliphatic heterocycles. The molecule has 2 aromatic heterocycles. The van der Waals surface area contributed by atoms with Gasteiger partial charge in [-0.05, 0) is 44.2 Å². The van der Waals surface area contributed by atoms with Crippen molar-refractivity contribution < 1.29 is 23.8 Å². The molecular formula is C20H24N2O6. The third-order valence-corrected chi connectivity index (χ3v) is 4.37. The fourth-order valence-electron chi connectivity index (χ4n) is 3.10. The first-order chi connectivity index (χ1) is 13.5. The average molecular weight is 388 g/mol.